The Morgan fingerprint density at radius 1 is 0.903 bits per heavy atom. The zero-order valence-corrected chi connectivity index (χ0v) is 18.1. The van der Waals surface area contributed by atoms with Crippen LogP contribution in [0.25, 0.3) is 0 Å². The van der Waals surface area contributed by atoms with E-state index < -0.39 is 72.1 Å². The molecule has 0 aromatic heterocycles. The Morgan fingerprint density at radius 3 is 1.87 bits per heavy atom. The van der Waals surface area contributed by atoms with Crippen LogP contribution in [0.5, 0.6) is 0 Å². The molecule has 0 bridgehead atoms. The first-order valence-electron chi connectivity index (χ1n) is 9.30. The molecule has 0 radical (unpaired) electrons. The Bertz CT molecular complexity index is 702. The predicted molar refractivity (Wildman–Crippen MR) is 111 cm³/mol. The van der Waals surface area contributed by atoms with E-state index in [1.54, 1.807) is 13.8 Å². The quantitative estimate of drug-likeness (QED) is 0.124. The van der Waals surface area contributed by atoms with Crippen molar-refractivity contribution in [2.75, 3.05) is 5.75 Å². The first kappa shape index (κ1) is 28.1. The monoisotopic (exact) mass is 463 g/mol. The third-order valence-corrected chi connectivity index (χ3v) is 4.45. The maximum absolute atomic E-state index is 12.6. The van der Waals surface area contributed by atoms with E-state index in [2.05, 4.69) is 28.6 Å². The van der Waals surface area contributed by atoms with E-state index >= 15 is 0 Å². The van der Waals surface area contributed by atoms with E-state index in [-0.39, 0.29) is 18.6 Å². The van der Waals surface area contributed by atoms with Crippen LogP contribution in [0.4, 0.5) is 0 Å². The molecule has 31 heavy (non-hydrogen) atoms. The minimum Gasteiger partial charge on any atom is -0.481 e. The highest BCUT2D eigenvalue weighted by atomic mass is 32.1. The van der Waals surface area contributed by atoms with Crippen LogP contribution >= 0.6 is 12.6 Å². The van der Waals surface area contributed by atoms with Gasteiger partial charge in [0, 0.05) is 12.2 Å². The van der Waals surface area contributed by atoms with Crippen LogP contribution < -0.4 is 27.4 Å². The number of nitrogens with one attached hydrogen (secondary N) is 3. The fourth-order valence-electron chi connectivity index (χ4n) is 2.35. The van der Waals surface area contributed by atoms with Gasteiger partial charge in [0.2, 0.25) is 23.6 Å². The molecule has 0 fully saturated rings. The summed E-state index contributed by atoms with van der Waals surface area (Å²) in [6.07, 6.45) is -1.15. The minimum absolute atomic E-state index is 0.197. The molecule has 0 saturated carbocycles. The number of carbonyl (C=O) groups excluding carboxylic acids is 4. The minimum atomic E-state index is -1.41. The fourth-order valence-corrected chi connectivity index (χ4v) is 2.61. The molecule has 0 aliphatic heterocycles. The average molecular weight is 464 g/mol. The number of primary amides is 1. The lowest BCUT2D eigenvalue weighted by Gasteiger charge is -2.26. The van der Waals surface area contributed by atoms with Crippen LogP contribution in [0.2, 0.25) is 0 Å². The van der Waals surface area contributed by atoms with Crippen molar-refractivity contribution in [3.63, 3.8) is 0 Å². The lowest BCUT2D eigenvalue weighted by atomic mass is 10.0. The number of carboxylic acid groups (broad SMARTS) is 2. The van der Waals surface area contributed by atoms with Gasteiger partial charge in [-0.25, -0.2) is 4.79 Å². The molecule has 4 atom stereocenters. The summed E-state index contributed by atoms with van der Waals surface area (Å²) in [6.45, 7) is 3.21. The molecular weight excluding hydrogens is 434 g/mol. The van der Waals surface area contributed by atoms with Crippen molar-refractivity contribution >= 4 is 48.2 Å². The number of nitrogens with two attached hydrogens (primary N) is 2. The van der Waals surface area contributed by atoms with Crippen molar-refractivity contribution in [2.45, 2.75) is 57.3 Å². The smallest absolute Gasteiger partial charge is 0.326 e. The number of thiol groups is 1. The summed E-state index contributed by atoms with van der Waals surface area (Å²) in [5.74, 6) is -6.57. The number of carbonyl (C=O) groups is 6. The molecule has 0 heterocycles. The third-order valence-electron chi connectivity index (χ3n) is 4.09. The Balaban J connectivity index is 5.17. The van der Waals surface area contributed by atoms with Crippen LogP contribution in [0.3, 0.4) is 0 Å². The third kappa shape index (κ3) is 10.6. The predicted octanol–water partition coefficient (Wildman–Crippen LogP) is -2.82. The van der Waals surface area contributed by atoms with Gasteiger partial charge in [-0.3, -0.25) is 24.0 Å². The van der Waals surface area contributed by atoms with E-state index in [9.17, 15) is 33.9 Å². The summed E-state index contributed by atoms with van der Waals surface area (Å²) in [4.78, 5) is 69.8. The number of hydrogen-bond donors (Lipinski definition) is 8. The highest BCUT2D eigenvalue weighted by molar-refractivity contribution is 7.80. The summed E-state index contributed by atoms with van der Waals surface area (Å²) in [6, 6.07) is -5.18. The van der Waals surface area contributed by atoms with Gasteiger partial charge >= 0.3 is 11.9 Å². The standard InChI is InChI=1S/C17H29N5O8S/c1-7(2)13(22-14(26)8(18)5-12(24)25)16(28)21-10(6-31)15(27)20-9(17(29)30)3-4-11(19)23/h7-10,13,31H,3-6,18H2,1-2H3,(H2,19,23)(H,20,27)(H,21,28)(H,22,26)(H,24,25)(H,29,30). The molecule has 0 aromatic carbocycles. The summed E-state index contributed by atoms with van der Waals surface area (Å²) in [7, 11) is 0. The molecule has 176 valence electrons. The van der Waals surface area contributed by atoms with Crippen LogP contribution in [-0.2, 0) is 28.8 Å². The van der Waals surface area contributed by atoms with Crippen LogP contribution in [0, 0.1) is 5.92 Å². The Hall–Kier alpha value is -2.87. The Labute approximate surface area is 184 Å². The highest BCUT2D eigenvalue weighted by Crippen LogP contribution is 2.05. The lowest BCUT2D eigenvalue weighted by molar-refractivity contribution is -0.142. The van der Waals surface area contributed by atoms with Crippen LogP contribution in [0.1, 0.15) is 33.1 Å². The van der Waals surface area contributed by atoms with Gasteiger partial charge in [0.1, 0.15) is 18.1 Å². The van der Waals surface area contributed by atoms with Gasteiger partial charge in [-0.2, -0.15) is 12.6 Å². The zero-order valence-electron chi connectivity index (χ0n) is 17.2. The Kier molecular flexibility index (Phi) is 12.2. The fraction of sp³-hybridized carbons (Fsp3) is 0.647. The number of amides is 4. The van der Waals surface area contributed by atoms with Crippen molar-refractivity contribution in [3.8, 4) is 0 Å². The summed E-state index contributed by atoms with van der Waals surface area (Å²) in [5, 5.41) is 24.8. The molecule has 14 heteroatoms. The molecule has 4 unspecified atom stereocenters. The molecule has 0 aliphatic carbocycles. The van der Waals surface area contributed by atoms with E-state index in [0.717, 1.165) is 0 Å². The average Bonchev–Trinajstić information content (AvgIpc) is 2.65. The van der Waals surface area contributed by atoms with Gasteiger partial charge in [0.15, 0.2) is 0 Å². The molecule has 13 nitrogen and oxygen atoms in total. The van der Waals surface area contributed by atoms with Crippen LogP contribution in [0.15, 0.2) is 0 Å². The second kappa shape index (κ2) is 13.4. The number of rotatable bonds is 14. The summed E-state index contributed by atoms with van der Waals surface area (Å²) in [5.41, 5.74) is 10.5. The molecule has 0 aliphatic rings. The van der Waals surface area contributed by atoms with Crippen LogP contribution in [-0.4, -0.2) is 75.7 Å². The van der Waals surface area contributed by atoms with Crippen molar-refractivity contribution in [1.82, 2.24) is 16.0 Å². The number of carboxylic acids is 2. The second-order valence-corrected chi connectivity index (χ2v) is 7.45. The molecular formula is C17H29N5O8S. The topological polar surface area (TPSA) is 231 Å². The van der Waals surface area contributed by atoms with Crippen molar-refractivity contribution in [3.05, 3.63) is 0 Å². The highest BCUT2D eigenvalue weighted by Gasteiger charge is 2.31. The van der Waals surface area contributed by atoms with E-state index in [1.165, 1.54) is 0 Å². The number of hydrogen-bond acceptors (Lipinski definition) is 8. The van der Waals surface area contributed by atoms with Gasteiger partial charge in [-0.05, 0) is 12.3 Å². The summed E-state index contributed by atoms with van der Waals surface area (Å²) < 4.78 is 0. The molecule has 0 saturated heterocycles. The molecule has 0 aromatic rings. The van der Waals surface area contributed by atoms with E-state index in [0.29, 0.717) is 0 Å². The van der Waals surface area contributed by atoms with Crippen molar-refractivity contribution in [2.24, 2.45) is 17.4 Å². The van der Waals surface area contributed by atoms with E-state index in [4.69, 9.17) is 16.6 Å². The maximum Gasteiger partial charge on any atom is 0.326 e. The molecule has 0 spiro atoms. The molecule has 9 N–H and O–H groups in total. The first-order chi connectivity index (χ1) is 14.3. The molecule has 0 rings (SSSR count). The number of aliphatic carboxylic acids is 2. The van der Waals surface area contributed by atoms with Gasteiger partial charge in [-0.1, -0.05) is 13.8 Å². The van der Waals surface area contributed by atoms with Gasteiger partial charge in [0.05, 0.1) is 12.5 Å². The van der Waals surface area contributed by atoms with Gasteiger partial charge in [0.25, 0.3) is 0 Å². The van der Waals surface area contributed by atoms with Crippen molar-refractivity contribution < 1.29 is 39.0 Å². The van der Waals surface area contributed by atoms with Gasteiger partial charge < -0.3 is 37.6 Å². The first-order valence-corrected chi connectivity index (χ1v) is 9.93. The molecule has 4 amide bonds. The lowest BCUT2D eigenvalue weighted by Crippen LogP contribution is -2.59. The maximum atomic E-state index is 12.6. The second-order valence-electron chi connectivity index (χ2n) is 7.08. The summed E-state index contributed by atoms with van der Waals surface area (Å²) >= 11 is 3.98. The Morgan fingerprint density at radius 2 is 1.45 bits per heavy atom. The SMILES string of the molecule is CC(C)C(NC(=O)C(N)CC(=O)O)C(=O)NC(CS)C(=O)NC(CCC(N)=O)C(=O)O. The zero-order chi connectivity index (χ0) is 24.3. The largest absolute Gasteiger partial charge is 0.481 e. The van der Waals surface area contributed by atoms with Gasteiger partial charge in [-0.15, -0.1) is 0 Å². The normalized spacial score (nSPS) is 14.6. The van der Waals surface area contributed by atoms with Crippen molar-refractivity contribution in [1.29, 1.82) is 0 Å². The van der Waals surface area contributed by atoms with E-state index in [1.807, 2.05) is 0 Å².